The highest BCUT2D eigenvalue weighted by Gasteiger charge is 2.48. The van der Waals surface area contributed by atoms with E-state index in [2.05, 4.69) is 257 Å². The molecule has 0 radical (unpaired) electrons. The molecular weight excluding hydrogens is 923 g/mol. The van der Waals surface area contributed by atoms with Crippen molar-refractivity contribution >= 4 is 55.7 Å². The molecule has 1 heterocycles. The Balaban J connectivity index is 0.00000281. The molecule has 0 saturated carbocycles. The number of hydrogen-bond acceptors (Lipinski definition) is 2. The predicted molar refractivity (Wildman–Crippen MR) is 325 cm³/mol. The lowest BCUT2D eigenvalue weighted by molar-refractivity contribution is 0.646. The van der Waals surface area contributed by atoms with Crippen LogP contribution in [-0.4, -0.2) is 0 Å². The average molecular weight is 988 g/mol. The summed E-state index contributed by atoms with van der Waals surface area (Å²) in [5, 5.41) is 1.34. The molecule has 75 heavy (non-hydrogen) atoms. The quantitative estimate of drug-likeness (QED) is 0.132. The van der Waals surface area contributed by atoms with Gasteiger partial charge in [0, 0.05) is 31.9 Å². The summed E-state index contributed by atoms with van der Waals surface area (Å²) in [6, 6.07) is 71.3. The van der Waals surface area contributed by atoms with Gasteiger partial charge in [-0.1, -0.05) is 222 Å². The van der Waals surface area contributed by atoms with Gasteiger partial charge in [-0.3, -0.25) is 0 Å². The third-order valence-electron chi connectivity index (χ3n) is 16.5. The van der Waals surface area contributed by atoms with Gasteiger partial charge < -0.3 is 4.90 Å². The first-order chi connectivity index (χ1) is 36.9. The van der Waals surface area contributed by atoms with Gasteiger partial charge in [-0.2, -0.15) is 0 Å². The number of benzene rings is 8. The minimum Gasteiger partial charge on any atom is -0.310 e. The highest BCUT2D eigenvalue weighted by Crippen LogP contribution is 2.60. The minimum absolute atomic E-state index is 0.135. The molecule has 2 heteroatoms. The maximum atomic E-state index is 2.55. The molecule has 1 nitrogen and oxygen atoms in total. The molecule has 13 rings (SSSR count). The van der Waals surface area contributed by atoms with Crippen LogP contribution in [0.4, 0.5) is 17.1 Å². The Hall–Kier alpha value is -7.78. The lowest BCUT2D eigenvalue weighted by Crippen LogP contribution is -2.32. The highest BCUT2D eigenvalue weighted by atomic mass is 32.1. The van der Waals surface area contributed by atoms with Gasteiger partial charge in [0.1, 0.15) is 0 Å². The molecule has 0 fully saturated rings. The van der Waals surface area contributed by atoms with E-state index in [0.717, 1.165) is 49.2 Å². The number of fused-ring (bicyclic) bond motifs is 6. The van der Waals surface area contributed by atoms with Gasteiger partial charge in [0.2, 0.25) is 0 Å². The lowest BCUT2D eigenvalue weighted by Gasteiger charge is -2.39. The van der Waals surface area contributed by atoms with Gasteiger partial charge in [-0.25, -0.2) is 0 Å². The first-order valence-electron chi connectivity index (χ1n) is 27.4. The van der Waals surface area contributed by atoms with Crippen molar-refractivity contribution in [3.05, 3.63) is 273 Å². The smallest absolute Gasteiger partial charge is 0.0639 e. The topological polar surface area (TPSA) is 3.24 Å². The van der Waals surface area contributed by atoms with Crippen LogP contribution >= 0.6 is 11.3 Å². The van der Waals surface area contributed by atoms with Crippen LogP contribution < -0.4 is 4.90 Å². The van der Waals surface area contributed by atoms with Gasteiger partial charge in [0.25, 0.3) is 0 Å². The number of anilines is 3. The fraction of sp³-hybridized carbons (Fsp3) is 0.178. The Kier molecular flexibility index (Phi) is 12.7. The first-order valence-corrected chi connectivity index (χ1v) is 28.2. The zero-order valence-corrected chi connectivity index (χ0v) is 45.1. The number of thiophene rings is 1. The largest absolute Gasteiger partial charge is 0.310 e. The summed E-state index contributed by atoms with van der Waals surface area (Å²) in [6.07, 6.45) is 19.2. The monoisotopic (exact) mass is 987 g/mol. The molecule has 8 aromatic carbocycles. The molecular formula is C73H65NS. The fourth-order valence-corrected chi connectivity index (χ4v) is 14.3. The zero-order valence-electron chi connectivity index (χ0n) is 44.3. The predicted octanol–water partition coefficient (Wildman–Crippen LogP) is 20.8. The third-order valence-corrected chi connectivity index (χ3v) is 17.8. The molecule has 1 atom stereocenters. The second kappa shape index (κ2) is 19.8. The molecule has 1 aromatic heterocycles. The molecule has 9 aromatic rings. The summed E-state index contributed by atoms with van der Waals surface area (Å²) in [4.78, 5) is 3.94. The zero-order chi connectivity index (χ0) is 51.3. The van der Waals surface area contributed by atoms with Crippen molar-refractivity contribution in [2.24, 2.45) is 0 Å². The van der Waals surface area contributed by atoms with Crippen molar-refractivity contribution < 1.29 is 0 Å². The van der Waals surface area contributed by atoms with Crippen LogP contribution in [0.15, 0.2) is 230 Å². The number of nitrogens with zero attached hydrogens (tertiary/aromatic N) is 1. The van der Waals surface area contributed by atoms with Crippen LogP contribution in [0.2, 0.25) is 0 Å². The van der Waals surface area contributed by atoms with E-state index in [-0.39, 0.29) is 10.8 Å². The maximum Gasteiger partial charge on any atom is 0.0639 e. The molecule has 0 N–H and O–H groups in total. The van der Waals surface area contributed by atoms with Crippen molar-refractivity contribution in [2.45, 2.75) is 84.5 Å². The summed E-state index contributed by atoms with van der Waals surface area (Å²) in [5.74, 6) is 0. The van der Waals surface area contributed by atoms with Crippen molar-refractivity contribution in [3.63, 3.8) is 0 Å². The Labute approximate surface area is 449 Å². The van der Waals surface area contributed by atoms with Crippen LogP contribution in [0, 0.1) is 0 Å². The van der Waals surface area contributed by atoms with Crippen LogP contribution in [0.25, 0.3) is 60.7 Å². The number of para-hydroxylation sites is 1. The third kappa shape index (κ3) is 7.96. The second-order valence-corrected chi connectivity index (χ2v) is 21.9. The first kappa shape index (κ1) is 48.2. The molecule has 0 aliphatic heterocycles. The lowest BCUT2D eigenvalue weighted by atomic mass is 9.63. The van der Waals surface area contributed by atoms with Gasteiger partial charge in [-0.15, -0.1) is 11.3 Å². The van der Waals surface area contributed by atoms with E-state index in [1.165, 1.54) is 104 Å². The summed E-state index contributed by atoms with van der Waals surface area (Å²) in [5.41, 5.74) is 26.0. The number of aryl methyl sites for hydroxylation is 1. The number of hydrogen-bond donors (Lipinski definition) is 0. The van der Waals surface area contributed by atoms with Gasteiger partial charge >= 0.3 is 0 Å². The standard InChI is InChI=1S/C71H59NS.C2H6/c1-5-20-60-61-40-35-50(45-69(61)73-68(60)6-2)47-33-37-54(38-34-47)72(55-39-41-59-57-28-13-16-30-63(57)70(3,4)66(59)46-55)67-32-18-15-27-56(67)51-22-19-21-48(43-51)49-36-42-65-62(44-49)58-29-14-17-31-64(58)71(65,52-23-9-7-10-24-52)53-25-11-8-12-26-53;1-2/h5,7-11,13-25,27-35,37-41,43-46H,6,12,26,36,42H2,1-4H3;1-2H3/b20-5-;. The van der Waals surface area contributed by atoms with E-state index >= 15 is 0 Å². The van der Waals surface area contributed by atoms with Crippen LogP contribution in [0.1, 0.15) is 111 Å². The maximum absolute atomic E-state index is 2.55. The van der Waals surface area contributed by atoms with Gasteiger partial charge in [-0.05, 0) is 170 Å². The van der Waals surface area contributed by atoms with E-state index in [1.807, 2.05) is 25.2 Å². The summed E-state index contributed by atoms with van der Waals surface area (Å²) in [6.45, 7) is 13.1. The minimum atomic E-state index is -0.259. The summed E-state index contributed by atoms with van der Waals surface area (Å²) >= 11 is 1.93. The van der Waals surface area contributed by atoms with Crippen LogP contribution in [0.3, 0.4) is 0 Å². The Bertz CT molecular complexity index is 3810. The average Bonchev–Trinajstić information content (AvgIpc) is 4.09. The van der Waals surface area contributed by atoms with E-state index in [0.29, 0.717) is 0 Å². The molecule has 4 aliphatic rings. The number of rotatable bonds is 10. The van der Waals surface area contributed by atoms with Gasteiger partial charge in [0.05, 0.1) is 11.1 Å². The summed E-state index contributed by atoms with van der Waals surface area (Å²) < 4.78 is 1.34. The summed E-state index contributed by atoms with van der Waals surface area (Å²) in [7, 11) is 0. The van der Waals surface area contributed by atoms with E-state index < -0.39 is 0 Å². The number of allylic oxidation sites excluding steroid dienone is 9. The molecule has 1 unspecified atom stereocenters. The molecule has 368 valence electrons. The van der Waals surface area contributed by atoms with Crippen molar-refractivity contribution in [3.8, 4) is 33.4 Å². The fourth-order valence-electron chi connectivity index (χ4n) is 13.1. The molecule has 0 amide bonds. The van der Waals surface area contributed by atoms with E-state index in [4.69, 9.17) is 0 Å². The molecule has 0 bridgehead atoms. The van der Waals surface area contributed by atoms with E-state index in [1.54, 1.807) is 5.57 Å². The van der Waals surface area contributed by atoms with Crippen molar-refractivity contribution in [2.75, 3.05) is 4.90 Å². The highest BCUT2D eigenvalue weighted by molar-refractivity contribution is 7.19. The Morgan fingerprint density at radius 3 is 2.04 bits per heavy atom. The molecule has 4 aliphatic carbocycles. The van der Waals surface area contributed by atoms with Crippen LogP contribution in [0.5, 0.6) is 0 Å². The Morgan fingerprint density at radius 1 is 0.573 bits per heavy atom. The Morgan fingerprint density at radius 2 is 1.27 bits per heavy atom. The van der Waals surface area contributed by atoms with Gasteiger partial charge in [0.15, 0.2) is 0 Å². The van der Waals surface area contributed by atoms with E-state index in [9.17, 15) is 0 Å². The van der Waals surface area contributed by atoms with Crippen molar-refractivity contribution in [1.29, 1.82) is 0 Å². The SMILES string of the molecule is C/C=C\c1c(CC)sc2cc(-c3ccc(N(c4ccc5c(c4)C(C)(C)c4ccccc4-5)c4ccccc4-c4cccc(C5=CC6=C(CC5)C(C5=CC=CCC5)(c5ccccc5)c5ccccc56)c4)cc3)ccc12.CC. The normalized spacial score (nSPS) is 16.9. The van der Waals surface area contributed by atoms with Crippen LogP contribution in [-0.2, 0) is 17.3 Å². The molecule has 0 saturated heterocycles. The second-order valence-electron chi connectivity index (χ2n) is 20.8. The molecule has 0 spiro atoms. The van der Waals surface area contributed by atoms with Crippen molar-refractivity contribution in [1.82, 2.24) is 0 Å².